The van der Waals surface area contributed by atoms with Crippen LogP contribution in [0.2, 0.25) is 5.02 Å². The number of ether oxygens (including phenoxy) is 2. The molecule has 0 bridgehead atoms. The third kappa shape index (κ3) is 4.93. The highest BCUT2D eigenvalue weighted by Gasteiger charge is 2.46. The predicted octanol–water partition coefficient (Wildman–Crippen LogP) is 6.10. The lowest BCUT2D eigenvalue weighted by Crippen LogP contribution is -2.51. The summed E-state index contributed by atoms with van der Waals surface area (Å²) in [5, 5.41) is 20.5. The van der Waals surface area contributed by atoms with Crippen molar-refractivity contribution in [2.24, 2.45) is 17.8 Å². The Morgan fingerprint density at radius 1 is 1.18 bits per heavy atom. The molecule has 2 fully saturated rings. The molecule has 0 saturated heterocycles. The number of aromatic carboxylic acids is 1. The van der Waals surface area contributed by atoms with Crippen LogP contribution >= 0.6 is 11.6 Å². The van der Waals surface area contributed by atoms with Gasteiger partial charge in [-0.05, 0) is 92.4 Å². The highest BCUT2D eigenvalue weighted by atomic mass is 35.5. The minimum absolute atomic E-state index is 0.111. The van der Waals surface area contributed by atoms with Gasteiger partial charge in [-0.3, -0.25) is 0 Å². The molecule has 6 atom stereocenters. The Hall–Kier alpha value is -2.28. The molecule has 1 heterocycles. The first-order valence-electron chi connectivity index (χ1n) is 14.6. The summed E-state index contributed by atoms with van der Waals surface area (Å²) >= 11 is 6.87. The number of aliphatic hydroxyl groups excluding tert-OH is 1. The molecule has 2 aromatic carbocycles. The summed E-state index contributed by atoms with van der Waals surface area (Å²) in [5.41, 5.74) is 3.37. The molecule has 1 unspecified atom stereocenters. The minimum Gasteiger partial charge on any atom is -0.490 e. The molecular formula is C32H40ClNO5. The van der Waals surface area contributed by atoms with E-state index in [9.17, 15) is 15.0 Å². The molecule has 2 aromatic rings. The molecule has 0 aromatic heterocycles. The SMILES string of the molecule is CO[C@@H]([C@@H]1CCC[C@@H](O)C1)[C@@H]1CC[C@H]1CN1CC2(CCCc3ccccc32)COc2ccc(C(=O)O)c(Cl)c21. The van der Waals surface area contributed by atoms with Gasteiger partial charge in [-0.25, -0.2) is 4.79 Å². The average molecular weight is 554 g/mol. The van der Waals surface area contributed by atoms with Crippen molar-refractivity contribution >= 4 is 23.3 Å². The highest BCUT2D eigenvalue weighted by molar-refractivity contribution is 6.36. The molecule has 2 N–H and O–H groups in total. The zero-order chi connectivity index (χ0) is 27.1. The third-order valence-corrected chi connectivity index (χ3v) is 10.5. The van der Waals surface area contributed by atoms with Crippen LogP contribution in [0, 0.1) is 17.8 Å². The number of methoxy groups -OCH3 is 1. The quantitative estimate of drug-likeness (QED) is 0.450. The number of rotatable bonds is 6. The highest BCUT2D eigenvalue weighted by Crippen LogP contribution is 2.50. The number of carboxylic acid groups (broad SMARTS) is 1. The number of nitrogens with zero attached hydrogens (tertiary/aromatic N) is 1. The van der Waals surface area contributed by atoms with Gasteiger partial charge in [-0.1, -0.05) is 42.3 Å². The summed E-state index contributed by atoms with van der Waals surface area (Å²) in [6.45, 7) is 2.07. The molecule has 7 heteroatoms. The van der Waals surface area contributed by atoms with Gasteiger partial charge in [0.2, 0.25) is 0 Å². The fourth-order valence-electron chi connectivity index (χ4n) is 8.06. The van der Waals surface area contributed by atoms with E-state index < -0.39 is 5.97 Å². The molecule has 0 radical (unpaired) electrons. The van der Waals surface area contributed by atoms with E-state index in [0.717, 1.165) is 70.9 Å². The Morgan fingerprint density at radius 3 is 2.77 bits per heavy atom. The van der Waals surface area contributed by atoms with E-state index in [2.05, 4.69) is 29.2 Å². The molecule has 6 rings (SSSR count). The van der Waals surface area contributed by atoms with Gasteiger partial charge < -0.3 is 24.6 Å². The van der Waals surface area contributed by atoms with E-state index in [4.69, 9.17) is 21.1 Å². The van der Waals surface area contributed by atoms with Crippen LogP contribution in [0.4, 0.5) is 5.69 Å². The standard InChI is InChI=1S/C32H40ClNO5/c1-38-30(21-7-4-9-23(35)16-21)24-12-11-22(24)17-34-18-32(15-5-8-20-6-2-3-10-26(20)32)19-39-27-14-13-25(31(36)37)28(33)29(27)34/h2-3,6,10,13-14,21-24,30,35H,4-5,7-9,11-12,15-19H2,1H3,(H,36,37)/t21-,22+,23-,24-,30+,32?/m1/s1. The number of aliphatic hydroxyl groups is 1. The van der Waals surface area contributed by atoms with Crippen molar-refractivity contribution in [2.45, 2.75) is 75.4 Å². The monoisotopic (exact) mass is 553 g/mol. The van der Waals surface area contributed by atoms with Gasteiger partial charge in [-0.2, -0.15) is 0 Å². The number of fused-ring (bicyclic) bond motifs is 3. The predicted molar refractivity (Wildman–Crippen MR) is 152 cm³/mol. The van der Waals surface area contributed by atoms with Crippen LogP contribution in [0.15, 0.2) is 36.4 Å². The lowest BCUT2D eigenvalue weighted by molar-refractivity contribution is -0.0721. The van der Waals surface area contributed by atoms with Gasteiger partial charge in [0.25, 0.3) is 0 Å². The number of hydrogen-bond acceptors (Lipinski definition) is 5. The molecule has 2 saturated carbocycles. The van der Waals surface area contributed by atoms with Crippen LogP contribution in [0.5, 0.6) is 5.75 Å². The molecule has 6 nitrogen and oxygen atoms in total. The van der Waals surface area contributed by atoms with Gasteiger partial charge >= 0.3 is 5.97 Å². The van der Waals surface area contributed by atoms with Crippen LogP contribution in [0.3, 0.4) is 0 Å². The summed E-state index contributed by atoms with van der Waals surface area (Å²) in [6, 6.07) is 12.1. The number of aryl methyl sites for hydroxylation is 1. The summed E-state index contributed by atoms with van der Waals surface area (Å²) in [5.74, 6) is 0.834. The van der Waals surface area contributed by atoms with Crippen molar-refractivity contribution in [3.8, 4) is 5.75 Å². The zero-order valence-corrected chi connectivity index (χ0v) is 23.5. The molecular weight excluding hydrogens is 514 g/mol. The third-order valence-electron chi connectivity index (χ3n) is 10.1. The molecule has 1 aliphatic heterocycles. The van der Waals surface area contributed by atoms with Crippen LogP contribution in [-0.2, 0) is 16.6 Å². The second-order valence-electron chi connectivity index (χ2n) is 12.3. The first-order chi connectivity index (χ1) is 18.9. The Labute approximate surface area is 236 Å². The fourth-order valence-corrected chi connectivity index (χ4v) is 8.42. The van der Waals surface area contributed by atoms with Gasteiger partial charge in [0.15, 0.2) is 0 Å². The molecule has 3 aliphatic carbocycles. The van der Waals surface area contributed by atoms with Crippen LogP contribution in [-0.4, -0.2) is 55.2 Å². The van der Waals surface area contributed by atoms with E-state index in [1.165, 1.54) is 11.1 Å². The maximum Gasteiger partial charge on any atom is 0.337 e. The Balaban J connectivity index is 1.35. The molecule has 0 amide bonds. The summed E-state index contributed by atoms with van der Waals surface area (Å²) in [7, 11) is 1.82. The number of halogens is 1. The second-order valence-corrected chi connectivity index (χ2v) is 12.7. The largest absolute Gasteiger partial charge is 0.490 e. The Morgan fingerprint density at radius 2 is 2.03 bits per heavy atom. The maximum atomic E-state index is 12.0. The van der Waals surface area contributed by atoms with Crippen molar-refractivity contribution < 1.29 is 24.5 Å². The van der Waals surface area contributed by atoms with Gasteiger partial charge in [0.05, 0.1) is 35.1 Å². The lowest BCUT2D eigenvalue weighted by atomic mass is 9.65. The average Bonchev–Trinajstić information content (AvgIpc) is 3.07. The van der Waals surface area contributed by atoms with Crippen molar-refractivity contribution in [2.75, 3.05) is 31.7 Å². The fraction of sp³-hybridized carbons (Fsp3) is 0.594. The minimum atomic E-state index is -1.03. The van der Waals surface area contributed by atoms with Gasteiger partial charge in [0, 0.05) is 25.6 Å². The summed E-state index contributed by atoms with van der Waals surface area (Å²) < 4.78 is 12.6. The van der Waals surface area contributed by atoms with E-state index in [1.807, 2.05) is 7.11 Å². The van der Waals surface area contributed by atoms with Crippen molar-refractivity contribution in [3.63, 3.8) is 0 Å². The first kappa shape index (κ1) is 26.9. The maximum absolute atomic E-state index is 12.0. The second kappa shape index (κ2) is 10.9. The Kier molecular flexibility index (Phi) is 7.55. The molecule has 1 spiro atoms. The van der Waals surface area contributed by atoms with Crippen molar-refractivity contribution in [1.29, 1.82) is 0 Å². The number of carboxylic acids is 1. The van der Waals surface area contributed by atoms with E-state index >= 15 is 0 Å². The molecule has 39 heavy (non-hydrogen) atoms. The molecule has 210 valence electrons. The lowest BCUT2D eigenvalue weighted by Gasteiger charge is -2.48. The normalized spacial score (nSPS) is 30.9. The van der Waals surface area contributed by atoms with Crippen LogP contribution < -0.4 is 9.64 Å². The zero-order valence-electron chi connectivity index (χ0n) is 22.8. The van der Waals surface area contributed by atoms with Crippen molar-refractivity contribution in [3.05, 3.63) is 58.1 Å². The molecule has 4 aliphatic rings. The van der Waals surface area contributed by atoms with Crippen LogP contribution in [0.25, 0.3) is 0 Å². The van der Waals surface area contributed by atoms with Crippen molar-refractivity contribution in [1.82, 2.24) is 0 Å². The summed E-state index contributed by atoms with van der Waals surface area (Å²) in [6.07, 6.45) is 9.17. The van der Waals surface area contributed by atoms with Gasteiger partial charge in [0.1, 0.15) is 5.75 Å². The first-order valence-corrected chi connectivity index (χ1v) is 15.0. The van der Waals surface area contributed by atoms with Crippen LogP contribution in [0.1, 0.15) is 72.9 Å². The number of carbonyl (C=O) groups is 1. The van der Waals surface area contributed by atoms with Gasteiger partial charge in [-0.15, -0.1) is 0 Å². The summed E-state index contributed by atoms with van der Waals surface area (Å²) in [4.78, 5) is 14.4. The number of hydrogen-bond donors (Lipinski definition) is 2. The Bertz CT molecular complexity index is 1220. The van der Waals surface area contributed by atoms with E-state index in [1.54, 1.807) is 12.1 Å². The smallest absolute Gasteiger partial charge is 0.337 e. The van der Waals surface area contributed by atoms with E-state index in [0.29, 0.717) is 35.8 Å². The number of anilines is 1. The van der Waals surface area contributed by atoms with E-state index in [-0.39, 0.29) is 28.2 Å². The number of benzene rings is 2. The topological polar surface area (TPSA) is 79.2 Å².